The Labute approximate surface area is 144 Å². The van der Waals surface area contributed by atoms with Crippen LogP contribution in [0.3, 0.4) is 0 Å². The number of hydrogen-bond donors (Lipinski definition) is 1. The van der Waals surface area contributed by atoms with Gasteiger partial charge in [-0.25, -0.2) is 0 Å². The second-order valence-electron chi connectivity index (χ2n) is 6.00. The number of hydrogen-bond acceptors (Lipinski definition) is 4. The summed E-state index contributed by atoms with van der Waals surface area (Å²) in [4.78, 5) is 17.3. The first-order chi connectivity index (χ1) is 12.1. The average Bonchev–Trinajstić information content (AvgIpc) is 3.05. The third-order valence-electron chi connectivity index (χ3n) is 4.23. The molecule has 1 N–H and O–H groups in total. The molecule has 0 aliphatic heterocycles. The van der Waals surface area contributed by atoms with E-state index < -0.39 is 0 Å². The van der Waals surface area contributed by atoms with E-state index in [-0.39, 0.29) is 11.9 Å². The molecule has 0 saturated carbocycles. The average molecular weight is 331 g/mol. The standard InChI is InChI=1S/C19H17N5O/c1-12-15(11-14-7-3-4-8-16(14)20-12)19(25)21-13(2)18-23-22-17-9-5-6-10-24(17)18/h3-11,13H,1-2H3,(H,21,25). The maximum absolute atomic E-state index is 12.7. The van der Waals surface area contributed by atoms with Gasteiger partial charge in [-0.2, -0.15) is 0 Å². The molecule has 0 fully saturated rings. The highest BCUT2D eigenvalue weighted by atomic mass is 16.1. The minimum absolute atomic E-state index is 0.170. The van der Waals surface area contributed by atoms with Crippen LogP contribution in [0.4, 0.5) is 0 Å². The highest BCUT2D eigenvalue weighted by Crippen LogP contribution is 2.18. The molecule has 0 radical (unpaired) electrons. The molecule has 0 aliphatic rings. The van der Waals surface area contributed by atoms with Crippen LogP contribution in [0.1, 0.15) is 34.8 Å². The third-order valence-corrected chi connectivity index (χ3v) is 4.23. The lowest BCUT2D eigenvalue weighted by molar-refractivity contribution is 0.0937. The Kier molecular flexibility index (Phi) is 3.65. The number of aromatic nitrogens is 4. The van der Waals surface area contributed by atoms with Crippen molar-refractivity contribution >= 4 is 22.5 Å². The molecular formula is C19H17N5O. The van der Waals surface area contributed by atoms with Crippen molar-refractivity contribution in [2.45, 2.75) is 19.9 Å². The van der Waals surface area contributed by atoms with E-state index >= 15 is 0 Å². The zero-order valence-electron chi connectivity index (χ0n) is 14.0. The number of nitrogens with zero attached hydrogens (tertiary/aromatic N) is 4. The molecule has 1 unspecified atom stereocenters. The lowest BCUT2D eigenvalue weighted by Gasteiger charge is -2.14. The van der Waals surface area contributed by atoms with E-state index in [1.165, 1.54) is 0 Å². The summed E-state index contributed by atoms with van der Waals surface area (Å²) in [5, 5.41) is 12.3. The van der Waals surface area contributed by atoms with Gasteiger partial charge in [-0.15, -0.1) is 10.2 Å². The zero-order valence-corrected chi connectivity index (χ0v) is 14.0. The predicted octanol–water partition coefficient (Wildman–Crippen LogP) is 3.08. The van der Waals surface area contributed by atoms with Crippen molar-refractivity contribution in [1.29, 1.82) is 0 Å². The Morgan fingerprint density at radius 3 is 2.80 bits per heavy atom. The van der Waals surface area contributed by atoms with Crippen LogP contribution in [0.2, 0.25) is 0 Å². The Morgan fingerprint density at radius 2 is 1.92 bits per heavy atom. The molecule has 4 rings (SSSR count). The number of benzene rings is 1. The zero-order chi connectivity index (χ0) is 17.4. The van der Waals surface area contributed by atoms with Crippen molar-refractivity contribution in [2.24, 2.45) is 0 Å². The van der Waals surface area contributed by atoms with Crippen LogP contribution in [-0.4, -0.2) is 25.5 Å². The number of rotatable bonds is 3. The molecule has 3 heterocycles. The van der Waals surface area contributed by atoms with Gasteiger partial charge in [0, 0.05) is 11.6 Å². The molecule has 0 bridgehead atoms. The van der Waals surface area contributed by atoms with Crippen LogP contribution in [-0.2, 0) is 0 Å². The van der Waals surface area contributed by atoms with Gasteiger partial charge in [0.05, 0.1) is 22.8 Å². The smallest absolute Gasteiger partial charge is 0.253 e. The number of nitrogens with one attached hydrogen (secondary N) is 1. The third kappa shape index (κ3) is 2.71. The van der Waals surface area contributed by atoms with E-state index in [1.54, 1.807) is 0 Å². The molecular weight excluding hydrogens is 314 g/mol. The predicted molar refractivity (Wildman–Crippen MR) is 95.3 cm³/mol. The van der Waals surface area contributed by atoms with Gasteiger partial charge in [-0.1, -0.05) is 24.3 Å². The minimum atomic E-state index is -0.282. The number of fused-ring (bicyclic) bond motifs is 2. The fourth-order valence-corrected chi connectivity index (χ4v) is 2.94. The topological polar surface area (TPSA) is 72.2 Å². The van der Waals surface area contributed by atoms with Gasteiger partial charge in [0.2, 0.25) is 0 Å². The Balaban J connectivity index is 1.64. The van der Waals surface area contributed by atoms with Crippen LogP contribution in [0.15, 0.2) is 54.7 Å². The van der Waals surface area contributed by atoms with Gasteiger partial charge in [-0.05, 0) is 38.1 Å². The first-order valence-electron chi connectivity index (χ1n) is 8.10. The van der Waals surface area contributed by atoms with Gasteiger partial charge in [-0.3, -0.25) is 14.2 Å². The molecule has 0 spiro atoms. The first kappa shape index (κ1) is 15.3. The van der Waals surface area contributed by atoms with Crippen molar-refractivity contribution in [3.05, 3.63) is 71.8 Å². The van der Waals surface area contributed by atoms with Crippen LogP contribution in [0, 0.1) is 6.92 Å². The summed E-state index contributed by atoms with van der Waals surface area (Å²) >= 11 is 0. The molecule has 0 aliphatic carbocycles. The van der Waals surface area contributed by atoms with E-state index in [0.717, 1.165) is 16.6 Å². The van der Waals surface area contributed by atoms with Crippen molar-refractivity contribution in [3.63, 3.8) is 0 Å². The van der Waals surface area contributed by atoms with Gasteiger partial charge < -0.3 is 5.32 Å². The summed E-state index contributed by atoms with van der Waals surface area (Å²) in [6.45, 7) is 3.74. The second-order valence-corrected chi connectivity index (χ2v) is 6.00. The summed E-state index contributed by atoms with van der Waals surface area (Å²) < 4.78 is 1.87. The van der Waals surface area contributed by atoms with E-state index in [1.807, 2.05) is 73.0 Å². The normalized spacial score (nSPS) is 12.4. The van der Waals surface area contributed by atoms with Crippen LogP contribution >= 0.6 is 0 Å². The van der Waals surface area contributed by atoms with Crippen LogP contribution < -0.4 is 5.32 Å². The number of amides is 1. The molecule has 124 valence electrons. The van der Waals surface area contributed by atoms with E-state index in [9.17, 15) is 4.79 Å². The summed E-state index contributed by atoms with van der Waals surface area (Å²) in [5.41, 5.74) is 2.91. The van der Waals surface area contributed by atoms with Crippen molar-refractivity contribution in [1.82, 2.24) is 24.9 Å². The minimum Gasteiger partial charge on any atom is -0.342 e. The molecule has 6 heteroatoms. The van der Waals surface area contributed by atoms with Gasteiger partial charge in [0.15, 0.2) is 11.5 Å². The molecule has 4 aromatic rings. The number of carbonyl (C=O) groups is 1. The summed E-state index contributed by atoms with van der Waals surface area (Å²) in [6, 6.07) is 15.1. The highest BCUT2D eigenvalue weighted by Gasteiger charge is 2.18. The Hall–Kier alpha value is -3.28. The Bertz CT molecular complexity index is 1090. The summed E-state index contributed by atoms with van der Waals surface area (Å²) in [7, 11) is 0. The monoisotopic (exact) mass is 331 g/mol. The fraction of sp³-hybridized carbons (Fsp3) is 0.158. The van der Waals surface area contributed by atoms with Crippen molar-refractivity contribution in [2.75, 3.05) is 0 Å². The highest BCUT2D eigenvalue weighted by molar-refractivity contribution is 5.98. The van der Waals surface area contributed by atoms with Crippen molar-refractivity contribution < 1.29 is 4.79 Å². The van der Waals surface area contributed by atoms with E-state index in [4.69, 9.17) is 0 Å². The quantitative estimate of drug-likeness (QED) is 0.626. The molecule has 6 nitrogen and oxygen atoms in total. The molecule has 1 amide bonds. The largest absolute Gasteiger partial charge is 0.342 e. The number of para-hydroxylation sites is 1. The number of pyridine rings is 2. The number of carbonyl (C=O) groups excluding carboxylic acids is 1. The lowest BCUT2D eigenvalue weighted by Crippen LogP contribution is -2.28. The number of aryl methyl sites for hydroxylation is 1. The second kappa shape index (κ2) is 5.98. The maximum Gasteiger partial charge on any atom is 0.253 e. The first-order valence-corrected chi connectivity index (χ1v) is 8.10. The van der Waals surface area contributed by atoms with E-state index in [2.05, 4.69) is 20.5 Å². The van der Waals surface area contributed by atoms with Gasteiger partial charge >= 0.3 is 0 Å². The van der Waals surface area contributed by atoms with Crippen LogP contribution in [0.25, 0.3) is 16.6 Å². The summed E-state index contributed by atoms with van der Waals surface area (Å²) in [6.07, 6.45) is 1.89. The molecule has 1 atom stereocenters. The van der Waals surface area contributed by atoms with Gasteiger partial charge in [0.1, 0.15) is 0 Å². The molecule has 25 heavy (non-hydrogen) atoms. The maximum atomic E-state index is 12.7. The molecule has 1 aromatic carbocycles. The Morgan fingerprint density at radius 1 is 1.12 bits per heavy atom. The molecule has 3 aromatic heterocycles. The van der Waals surface area contributed by atoms with Crippen LogP contribution in [0.5, 0.6) is 0 Å². The van der Waals surface area contributed by atoms with E-state index in [0.29, 0.717) is 17.1 Å². The SMILES string of the molecule is Cc1nc2ccccc2cc1C(=O)NC(C)c1nnc2ccccn12. The van der Waals surface area contributed by atoms with Crippen molar-refractivity contribution in [3.8, 4) is 0 Å². The fourth-order valence-electron chi connectivity index (χ4n) is 2.94. The summed E-state index contributed by atoms with van der Waals surface area (Å²) in [5.74, 6) is 0.520. The van der Waals surface area contributed by atoms with Gasteiger partial charge in [0.25, 0.3) is 5.91 Å². The lowest BCUT2D eigenvalue weighted by atomic mass is 10.1. The molecule has 0 saturated heterocycles.